The van der Waals surface area contributed by atoms with Gasteiger partial charge < -0.3 is 10.6 Å². The standard InChI is InChI=1S/C16H24N2O2/c1-11(2)17-14(19)16(4,5)15(20)18-12(3)13-9-7-6-8-10-13/h6-12H,1-5H3,(H,17,19)(H,18,20). The van der Waals surface area contributed by atoms with Gasteiger partial charge in [-0.25, -0.2) is 0 Å². The zero-order chi connectivity index (χ0) is 15.3. The van der Waals surface area contributed by atoms with Gasteiger partial charge in [-0.1, -0.05) is 30.3 Å². The summed E-state index contributed by atoms with van der Waals surface area (Å²) in [6.45, 7) is 8.93. The average Bonchev–Trinajstić information content (AvgIpc) is 2.38. The lowest BCUT2D eigenvalue weighted by molar-refractivity contribution is -0.142. The Morgan fingerprint density at radius 3 is 1.95 bits per heavy atom. The van der Waals surface area contributed by atoms with Crippen LogP contribution < -0.4 is 10.6 Å². The highest BCUT2D eigenvalue weighted by molar-refractivity contribution is 6.04. The van der Waals surface area contributed by atoms with Crippen molar-refractivity contribution >= 4 is 11.8 Å². The van der Waals surface area contributed by atoms with Crippen molar-refractivity contribution < 1.29 is 9.59 Å². The second-order valence-electron chi connectivity index (χ2n) is 5.86. The fraction of sp³-hybridized carbons (Fsp3) is 0.500. The molecule has 0 saturated heterocycles. The molecule has 1 unspecified atom stereocenters. The minimum absolute atomic E-state index is 0.0149. The molecule has 0 fully saturated rings. The highest BCUT2D eigenvalue weighted by Gasteiger charge is 2.36. The summed E-state index contributed by atoms with van der Waals surface area (Å²) in [7, 11) is 0. The predicted molar refractivity (Wildman–Crippen MR) is 80.1 cm³/mol. The Morgan fingerprint density at radius 1 is 0.950 bits per heavy atom. The Bertz CT molecular complexity index is 467. The van der Waals surface area contributed by atoms with Crippen LogP contribution in [0.5, 0.6) is 0 Å². The molecule has 20 heavy (non-hydrogen) atoms. The number of rotatable bonds is 5. The van der Waals surface area contributed by atoms with Crippen molar-refractivity contribution in [2.24, 2.45) is 5.41 Å². The van der Waals surface area contributed by atoms with Gasteiger partial charge in [0.1, 0.15) is 5.41 Å². The van der Waals surface area contributed by atoms with E-state index in [0.717, 1.165) is 5.56 Å². The maximum atomic E-state index is 12.3. The number of hydrogen-bond acceptors (Lipinski definition) is 2. The lowest BCUT2D eigenvalue weighted by Crippen LogP contribution is -2.49. The Labute approximate surface area is 121 Å². The van der Waals surface area contributed by atoms with E-state index in [-0.39, 0.29) is 23.9 Å². The van der Waals surface area contributed by atoms with Gasteiger partial charge in [0.05, 0.1) is 6.04 Å². The van der Waals surface area contributed by atoms with Gasteiger partial charge in [-0.15, -0.1) is 0 Å². The SMILES string of the molecule is CC(C)NC(=O)C(C)(C)C(=O)NC(C)c1ccccc1. The third kappa shape index (κ3) is 4.08. The second-order valence-corrected chi connectivity index (χ2v) is 5.86. The van der Waals surface area contributed by atoms with Crippen LogP contribution in [-0.4, -0.2) is 17.9 Å². The van der Waals surface area contributed by atoms with E-state index >= 15 is 0 Å². The molecule has 0 saturated carbocycles. The number of benzene rings is 1. The van der Waals surface area contributed by atoms with Gasteiger partial charge in [-0.3, -0.25) is 9.59 Å². The highest BCUT2D eigenvalue weighted by Crippen LogP contribution is 2.19. The first-order valence-electron chi connectivity index (χ1n) is 6.92. The van der Waals surface area contributed by atoms with Crippen LogP contribution in [0.2, 0.25) is 0 Å². The summed E-state index contributed by atoms with van der Waals surface area (Å²) in [5.41, 5.74) is -0.0752. The van der Waals surface area contributed by atoms with Crippen molar-refractivity contribution in [2.45, 2.75) is 46.7 Å². The molecule has 0 spiro atoms. The van der Waals surface area contributed by atoms with Crippen molar-refractivity contribution in [3.63, 3.8) is 0 Å². The van der Waals surface area contributed by atoms with Crippen molar-refractivity contribution in [3.8, 4) is 0 Å². The zero-order valence-electron chi connectivity index (χ0n) is 12.9. The van der Waals surface area contributed by atoms with Crippen LogP contribution in [0.1, 0.15) is 46.2 Å². The molecule has 0 aromatic heterocycles. The number of hydrogen-bond donors (Lipinski definition) is 2. The quantitative estimate of drug-likeness (QED) is 0.811. The molecule has 0 bridgehead atoms. The van der Waals surface area contributed by atoms with Gasteiger partial charge in [0.25, 0.3) is 0 Å². The largest absolute Gasteiger partial charge is 0.353 e. The second kappa shape index (κ2) is 6.55. The van der Waals surface area contributed by atoms with E-state index in [0.29, 0.717) is 0 Å². The normalized spacial score (nSPS) is 12.9. The first kappa shape index (κ1) is 16.2. The Balaban J connectivity index is 2.72. The molecule has 2 amide bonds. The summed E-state index contributed by atoms with van der Waals surface area (Å²) in [6, 6.07) is 9.57. The lowest BCUT2D eigenvalue weighted by Gasteiger charge is -2.26. The van der Waals surface area contributed by atoms with Gasteiger partial charge >= 0.3 is 0 Å². The van der Waals surface area contributed by atoms with Crippen molar-refractivity contribution in [1.82, 2.24) is 10.6 Å². The fourth-order valence-electron chi connectivity index (χ4n) is 1.75. The third-order valence-electron chi connectivity index (χ3n) is 3.20. The predicted octanol–water partition coefficient (Wildman–Crippen LogP) is 2.41. The van der Waals surface area contributed by atoms with E-state index in [1.54, 1.807) is 13.8 Å². The number of carbonyl (C=O) groups excluding carboxylic acids is 2. The topological polar surface area (TPSA) is 58.2 Å². The minimum atomic E-state index is -1.09. The first-order valence-corrected chi connectivity index (χ1v) is 6.92. The first-order chi connectivity index (χ1) is 9.25. The van der Waals surface area contributed by atoms with E-state index in [1.165, 1.54) is 0 Å². The average molecular weight is 276 g/mol. The number of carbonyl (C=O) groups is 2. The van der Waals surface area contributed by atoms with E-state index < -0.39 is 5.41 Å². The summed E-state index contributed by atoms with van der Waals surface area (Å²) in [5, 5.41) is 5.67. The summed E-state index contributed by atoms with van der Waals surface area (Å²) in [5.74, 6) is -0.530. The molecule has 1 aromatic carbocycles. The molecule has 1 atom stereocenters. The van der Waals surface area contributed by atoms with Crippen LogP contribution in [-0.2, 0) is 9.59 Å². The molecule has 1 aromatic rings. The Kier molecular flexibility index (Phi) is 5.31. The van der Waals surface area contributed by atoms with Gasteiger partial charge in [-0.05, 0) is 40.2 Å². The Morgan fingerprint density at radius 2 is 1.45 bits per heavy atom. The van der Waals surface area contributed by atoms with Crippen LogP contribution in [0.25, 0.3) is 0 Å². The van der Waals surface area contributed by atoms with Crippen molar-refractivity contribution in [1.29, 1.82) is 0 Å². The van der Waals surface area contributed by atoms with Crippen LogP contribution in [0.3, 0.4) is 0 Å². The van der Waals surface area contributed by atoms with Crippen LogP contribution >= 0.6 is 0 Å². The molecular formula is C16H24N2O2. The molecule has 110 valence electrons. The van der Waals surface area contributed by atoms with Crippen molar-refractivity contribution in [3.05, 3.63) is 35.9 Å². The van der Waals surface area contributed by atoms with Crippen molar-refractivity contribution in [2.75, 3.05) is 0 Å². The number of nitrogens with one attached hydrogen (secondary N) is 2. The molecule has 2 N–H and O–H groups in total. The third-order valence-corrected chi connectivity index (χ3v) is 3.20. The van der Waals surface area contributed by atoms with Gasteiger partial charge in [0.2, 0.25) is 11.8 Å². The lowest BCUT2D eigenvalue weighted by atomic mass is 9.90. The van der Waals surface area contributed by atoms with E-state index in [1.807, 2.05) is 51.1 Å². The molecule has 0 aliphatic rings. The minimum Gasteiger partial charge on any atom is -0.353 e. The van der Waals surface area contributed by atoms with Gasteiger partial charge in [0.15, 0.2) is 0 Å². The molecule has 0 aliphatic heterocycles. The highest BCUT2D eigenvalue weighted by atomic mass is 16.2. The van der Waals surface area contributed by atoms with Crippen LogP contribution in [0.15, 0.2) is 30.3 Å². The number of amides is 2. The summed E-state index contributed by atoms with van der Waals surface area (Å²) < 4.78 is 0. The summed E-state index contributed by atoms with van der Waals surface area (Å²) >= 11 is 0. The summed E-state index contributed by atoms with van der Waals surface area (Å²) in [6.07, 6.45) is 0. The maximum absolute atomic E-state index is 12.3. The smallest absolute Gasteiger partial charge is 0.235 e. The molecule has 0 heterocycles. The fourth-order valence-corrected chi connectivity index (χ4v) is 1.75. The molecule has 0 aliphatic carbocycles. The Hall–Kier alpha value is -1.84. The van der Waals surface area contributed by atoms with E-state index in [9.17, 15) is 9.59 Å². The molecule has 4 heteroatoms. The van der Waals surface area contributed by atoms with Crippen LogP contribution in [0, 0.1) is 5.41 Å². The monoisotopic (exact) mass is 276 g/mol. The van der Waals surface area contributed by atoms with Gasteiger partial charge in [-0.2, -0.15) is 0 Å². The van der Waals surface area contributed by atoms with E-state index in [4.69, 9.17) is 0 Å². The molecule has 0 radical (unpaired) electrons. The van der Waals surface area contributed by atoms with Gasteiger partial charge in [0, 0.05) is 6.04 Å². The molecule has 4 nitrogen and oxygen atoms in total. The maximum Gasteiger partial charge on any atom is 0.235 e. The molecular weight excluding hydrogens is 252 g/mol. The van der Waals surface area contributed by atoms with Crippen LogP contribution in [0.4, 0.5) is 0 Å². The zero-order valence-corrected chi connectivity index (χ0v) is 12.9. The van der Waals surface area contributed by atoms with E-state index in [2.05, 4.69) is 10.6 Å². The summed E-state index contributed by atoms with van der Waals surface area (Å²) in [4.78, 5) is 24.4. The molecule has 1 rings (SSSR count).